The molecule has 28 heavy (non-hydrogen) atoms. The number of benzene rings is 2. The van der Waals surface area contributed by atoms with E-state index in [0.29, 0.717) is 31.9 Å². The summed E-state index contributed by atoms with van der Waals surface area (Å²) in [5.41, 5.74) is 1.62. The summed E-state index contributed by atoms with van der Waals surface area (Å²) in [5.74, 6) is 0.726. The van der Waals surface area contributed by atoms with Gasteiger partial charge in [0.05, 0.1) is 6.61 Å². The summed E-state index contributed by atoms with van der Waals surface area (Å²) in [5, 5.41) is 3.05. The summed E-state index contributed by atoms with van der Waals surface area (Å²) < 4.78 is 10.7. The van der Waals surface area contributed by atoms with Gasteiger partial charge in [-0.05, 0) is 49.6 Å². The molecule has 148 valence electrons. The monoisotopic (exact) mass is 382 g/mol. The molecule has 0 atom stereocenters. The Hall–Kier alpha value is -3.02. The molecule has 1 heterocycles. The number of nitrogens with one attached hydrogen (secondary N) is 1. The first-order valence-corrected chi connectivity index (χ1v) is 9.65. The third-order valence-corrected chi connectivity index (χ3v) is 4.72. The number of carbonyl (C=O) groups excluding carboxylic acids is 2. The molecule has 0 unspecified atom stereocenters. The van der Waals surface area contributed by atoms with Gasteiger partial charge in [-0.3, -0.25) is 4.79 Å². The molecule has 1 aliphatic heterocycles. The molecule has 1 fully saturated rings. The largest absolute Gasteiger partial charge is 0.489 e. The van der Waals surface area contributed by atoms with Crippen LogP contribution in [0, 0.1) is 0 Å². The topological polar surface area (TPSA) is 67.9 Å². The average Bonchev–Trinajstić information content (AvgIpc) is 2.74. The van der Waals surface area contributed by atoms with Gasteiger partial charge in [0.1, 0.15) is 12.4 Å². The molecular formula is C22H26N2O4. The Labute approximate surface area is 165 Å². The van der Waals surface area contributed by atoms with E-state index in [1.54, 1.807) is 11.8 Å². The van der Waals surface area contributed by atoms with Gasteiger partial charge in [0.25, 0.3) is 5.91 Å². The lowest BCUT2D eigenvalue weighted by atomic mass is 10.0. The van der Waals surface area contributed by atoms with E-state index in [1.807, 2.05) is 54.6 Å². The van der Waals surface area contributed by atoms with Crippen LogP contribution in [0.3, 0.4) is 0 Å². The highest BCUT2D eigenvalue weighted by molar-refractivity contribution is 5.94. The first-order chi connectivity index (χ1) is 13.7. The summed E-state index contributed by atoms with van der Waals surface area (Å²) in [7, 11) is 0. The second kappa shape index (κ2) is 9.78. The van der Waals surface area contributed by atoms with E-state index in [-0.39, 0.29) is 18.0 Å². The van der Waals surface area contributed by atoms with Crippen LogP contribution in [0.25, 0.3) is 0 Å². The van der Waals surface area contributed by atoms with Crippen LogP contribution < -0.4 is 10.1 Å². The fourth-order valence-corrected chi connectivity index (χ4v) is 3.13. The summed E-state index contributed by atoms with van der Waals surface area (Å²) in [4.78, 5) is 25.9. The normalized spacial score (nSPS) is 14.4. The molecular weight excluding hydrogens is 356 g/mol. The Morgan fingerprint density at radius 1 is 1.04 bits per heavy atom. The Balaban J connectivity index is 1.45. The quantitative estimate of drug-likeness (QED) is 0.829. The summed E-state index contributed by atoms with van der Waals surface area (Å²) in [6.07, 6.45) is 1.18. The first-order valence-electron chi connectivity index (χ1n) is 9.65. The van der Waals surface area contributed by atoms with Crippen molar-refractivity contribution in [3.63, 3.8) is 0 Å². The molecule has 6 nitrogen and oxygen atoms in total. The Morgan fingerprint density at radius 3 is 2.36 bits per heavy atom. The van der Waals surface area contributed by atoms with Gasteiger partial charge >= 0.3 is 6.09 Å². The van der Waals surface area contributed by atoms with Crippen LogP contribution in [0.15, 0.2) is 54.6 Å². The SMILES string of the molecule is CCOC(=O)N1CCC(NC(=O)c2ccc(COc3ccccc3)cc2)CC1. The zero-order valence-corrected chi connectivity index (χ0v) is 16.1. The molecule has 2 aromatic carbocycles. The number of piperidine rings is 1. The summed E-state index contributed by atoms with van der Waals surface area (Å²) in [6.45, 7) is 3.82. The van der Waals surface area contributed by atoms with Crippen LogP contribution in [0.1, 0.15) is 35.7 Å². The second-order valence-corrected chi connectivity index (χ2v) is 6.73. The predicted molar refractivity (Wildman–Crippen MR) is 106 cm³/mol. The lowest BCUT2D eigenvalue weighted by Crippen LogP contribution is -2.46. The van der Waals surface area contributed by atoms with E-state index in [9.17, 15) is 9.59 Å². The summed E-state index contributed by atoms with van der Waals surface area (Å²) in [6, 6.07) is 17.1. The van der Waals surface area contributed by atoms with E-state index in [4.69, 9.17) is 9.47 Å². The number of hydrogen-bond acceptors (Lipinski definition) is 4. The van der Waals surface area contributed by atoms with Crippen molar-refractivity contribution in [2.75, 3.05) is 19.7 Å². The second-order valence-electron chi connectivity index (χ2n) is 6.73. The fourth-order valence-electron chi connectivity index (χ4n) is 3.13. The van der Waals surface area contributed by atoms with Crippen molar-refractivity contribution in [2.45, 2.75) is 32.4 Å². The zero-order chi connectivity index (χ0) is 19.8. The molecule has 0 radical (unpaired) electrons. The molecule has 0 saturated carbocycles. The van der Waals surface area contributed by atoms with Crippen LogP contribution in [0.2, 0.25) is 0 Å². The standard InChI is InChI=1S/C22H26N2O4/c1-2-27-22(26)24-14-12-19(13-15-24)23-21(25)18-10-8-17(9-11-18)16-28-20-6-4-3-5-7-20/h3-11,19H,2,12-16H2,1H3,(H,23,25). The van der Waals surface area contributed by atoms with Gasteiger partial charge in [0.2, 0.25) is 0 Å². The highest BCUT2D eigenvalue weighted by atomic mass is 16.6. The van der Waals surface area contributed by atoms with Gasteiger partial charge in [-0.2, -0.15) is 0 Å². The maximum absolute atomic E-state index is 12.5. The smallest absolute Gasteiger partial charge is 0.409 e. The molecule has 1 saturated heterocycles. The number of hydrogen-bond donors (Lipinski definition) is 1. The van der Waals surface area contributed by atoms with Crippen molar-refractivity contribution in [1.82, 2.24) is 10.2 Å². The zero-order valence-electron chi connectivity index (χ0n) is 16.1. The highest BCUT2D eigenvalue weighted by Gasteiger charge is 2.24. The van der Waals surface area contributed by atoms with Crippen molar-refractivity contribution >= 4 is 12.0 Å². The number of ether oxygens (including phenoxy) is 2. The molecule has 0 aromatic heterocycles. The van der Waals surface area contributed by atoms with Crippen molar-refractivity contribution in [2.24, 2.45) is 0 Å². The molecule has 2 aromatic rings. The van der Waals surface area contributed by atoms with Gasteiger partial charge in [-0.1, -0.05) is 30.3 Å². The number of nitrogens with zero attached hydrogens (tertiary/aromatic N) is 1. The van der Waals surface area contributed by atoms with E-state index in [0.717, 1.165) is 24.2 Å². The van der Waals surface area contributed by atoms with Crippen LogP contribution >= 0.6 is 0 Å². The van der Waals surface area contributed by atoms with E-state index in [2.05, 4.69) is 5.32 Å². The number of amides is 2. The number of rotatable bonds is 6. The maximum atomic E-state index is 12.5. The average molecular weight is 382 g/mol. The molecule has 1 N–H and O–H groups in total. The van der Waals surface area contributed by atoms with E-state index < -0.39 is 0 Å². The van der Waals surface area contributed by atoms with Crippen molar-refractivity contribution < 1.29 is 19.1 Å². The fraction of sp³-hybridized carbons (Fsp3) is 0.364. The molecule has 1 aliphatic rings. The van der Waals surface area contributed by atoms with Gasteiger partial charge in [-0.15, -0.1) is 0 Å². The van der Waals surface area contributed by atoms with Crippen LogP contribution in [0.5, 0.6) is 5.75 Å². The van der Waals surface area contributed by atoms with Gasteiger partial charge in [0.15, 0.2) is 0 Å². The van der Waals surface area contributed by atoms with E-state index >= 15 is 0 Å². The first kappa shape index (κ1) is 19.7. The minimum absolute atomic E-state index is 0.0688. The van der Waals surface area contributed by atoms with Gasteiger partial charge < -0.3 is 19.7 Å². The molecule has 0 spiro atoms. The molecule has 0 bridgehead atoms. The minimum Gasteiger partial charge on any atom is -0.489 e. The van der Waals surface area contributed by atoms with Crippen LogP contribution in [-0.2, 0) is 11.3 Å². The van der Waals surface area contributed by atoms with Crippen LogP contribution in [0.4, 0.5) is 4.79 Å². The predicted octanol–water partition coefficient (Wildman–Crippen LogP) is 3.62. The van der Waals surface area contributed by atoms with E-state index in [1.165, 1.54) is 0 Å². The van der Waals surface area contributed by atoms with Crippen molar-refractivity contribution in [3.05, 3.63) is 65.7 Å². The third kappa shape index (κ3) is 5.49. The molecule has 3 rings (SSSR count). The number of carbonyl (C=O) groups is 2. The lowest BCUT2D eigenvalue weighted by molar-refractivity contribution is 0.0860. The number of likely N-dealkylation sites (tertiary alicyclic amines) is 1. The van der Waals surface area contributed by atoms with Gasteiger partial charge in [-0.25, -0.2) is 4.79 Å². The lowest BCUT2D eigenvalue weighted by Gasteiger charge is -2.31. The molecule has 0 aliphatic carbocycles. The third-order valence-electron chi connectivity index (χ3n) is 4.72. The Bertz CT molecular complexity index is 769. The minimum atomic E-state index is -0.277. The number of para-hydroxylation sites is 1. The van der Waals surface area contributed by atoms with Crippen molar-refractivity contribution in [1.29, 1.82) is 0 Å². The Kier molecular flexibility index (Phi) is 6.89. The van der Waals surface area contributed by atoms with Gasteiger partial charge in [0, 0.05) is 24.7 Å². The van der Waals surface area contributed by atoms with Crippen molar-refractivity contribution in [3.8, 4) is 5.75 Å². The highest BCUT2D eigenvalue weighted by Crippen LogP contribution is 2.14. The Morgan fingerprint density at radius 2 is 1.71 bits per heavy atom. The molecule has 6 heteroatoms. The molecule has 2 amide bonds. The maximum Gasteiger partial charge on any atom is 0.409 e. The summed E-state index contributed by atoms with van der Waals surface area (Å²) >= 11 is 0. The van der Waals surface area contributed by atoms with Crippen LogP contribution in [-0.4, -0.2) is 42.6 Å².